The average molecular weight is 432 g/mol. The number of aryl methyl sites for hydroxylation is 1. The maximum Gasteiger partial charge on any atom is 0.289 e. The number of nitro benzene ring substituents is 1. The van der Waals surface area contributed by atoms with Crippen LogP contribution in [0.15, 0.2) is 58.5 Å². The lowest BCUT2D eigenvalue weighted by Crippen LogP contribution is -2.21. The fourth-order valence-corrected chi connectivity index (χ4v) is 3.49. The summed E-state index contributed by atoms with van der Waals surface area (Å²) in [6, 6.07) is 12.8. The van der Waals surface area contributed by atoms with E-state index in [1.807, 2.05) is 0 Å². The summed E-state index contributed by atoms with van der Waals surface area (Å²) in [6.45, 7) is 1.52. The Morgan fingerprint density at radius 3 is 2.62 bits per heavy atom. The van der Waals surface area contributed by atoms with Gasteiger partial charge in [-0.05, 0) is 24.6 Å². The van der Waals surface area contributed by atoms with Crippen LogP contribution >= 0.6 is 23.4 Å². The highest BCUT2D eigenvalue weighted by molar-refractivity contribution is 8.00. The fraction of sp³-hybridized carbons (Fsp3) is 0.111. The first-order valence-corrected chi connectivity index (χ1v) is 9.51. The number of nitrogens with one attached hydrogen (secondary N) is 2. The van der Waals surface area contributed by atoms with Gasteiger partial charge < -0.3 is 5.32 Å². The number of thioether (sulfide) groups is 1. The number of aromatic amines is 1. The van der Waals surface area contributed by atoms with Crippen LogP contribution in [-0.4, -0.2) is 26.0 Å². The van der Waals surface area contributed by atoms with Crippen LogP contribution in [0.5, 0.6) is 0 Å². The van der Waals surface area contributed by atoms with Gasteiger partial charge in [-0.3, -0.25) is 24.7 Å². The number of aromatic nitrogens is 3. The first kappa shape index (κ1) is 20.5. The third kappa shape index (κ3) is 4.98. The van der Waals surface area contributed by atoms with E-state index in [4.69, 9.17) is 11.6 Å². The molecule has 2 N–H and O–H groups in total. The van der Waals surface area contributed by atoms with Gasteiger partial charge in [0.25, 0.3) is 11.2 Å². The number of benzene rings is 2. The normalized spacial score (nSPS) is 11.7. The summed E-state index contributed by atoms with van der Waals surface area (Å²) in [5, 5.41) is 20.8. The summed E-state index contributed by atoms with van der Waals surface area (Å²) in [5.41, 5.74) is 0.367. The van der Waals surface area contributed by atoms with E-state index in [-0.39, 0.29) is 27.2 Å². The van der Waals surface area contributed by atoms with E-state index in [0.29, 0.717) is 5.56 Å². The van der Waals surface area contributed by atoms with E-state index in [1.54, 1.807) is 30.3 Å². The van der Waals surface area contributed by atoms with E-state index in [1.165, 1.54) is 25.1 Å². The zero-order valence-electron chi connectivity index (χ0n) is 15.0. The first-order chi connectivity index (χ1) is 13.8. The van der Waals surface area contributed by atoms with Gasteiger partial charge in [-0.2, -0.15) is 0 Å². The molecule has 0 aliphatic heterocycles. The molecular weight excluding hydrogens is 418 g/mol. The van der Waals surface area contributed by atoms with Crippen LogP contribution in [0.4, 0.5) is 11.4 Å². The average Bonchev–Trinajstić information content (AvgIpc) is 2.70. The van der Waals surface area contributed by atoms with Crippen molar-refractivity contribution in [1.82, 2.24) is 15.2 Å². The lowest BCUT2D eigenvalue weighted by molar-refractivity contribution is -0.384. The smallest absolute Gasteiger partial charge is 0.289 e. The maximum atomic E-state index is 13.0. The van der Waals surface area contributed by atoms with Crippen LogP contribution in [0.25, 0.3) is 0 Å². The maximum absolute atomic E-state index is 13.0. The molecule has 0 saturated heterocycles. The second-order valence-corrected chi connectivity index (χ2v) is 7.37. The van der Waals surface area contributed by atoms with Crippen molar-refractivity contribution in [3.05, 3.63) is 85.3 Å². The van der Waals surface area contributed by atoms with Crippen LogP contribution in [-0.2, 0) is 4.79 Å². The largest absolute Gasteiger partial charge is 0.325 e. The molecular formula is C18H14ClN5O4S. The summed E-state index contributed by atoms with van der Waals surface area (Å²) in [4.78, 5) is 37.8. The molecule has 0 radical (unpaired) electrons. The molecule has 1 aromatic heterocycles. The predicted octanol–water partition coefficient (Wildman–Crippen LogP) is 3.51. The molecule has 11 heteroatoms. The Balaban J connectivity index is 1.90. The quantitative estimate of drug-likeness (QED) is 0.347. The summed E-state index contributed by atoms with van der Waals surface area (Å²) in [7, 11) is 0. The summed E-state index contributed by atoms with van der Waals surface area (Å²) < 4.78 is 0. The first-order valence-electron chi connectivity index (χ1n) is 8.25. The SMILES string of the molecule is Cc1nnc(S[C@H](C(=O)Nc2ccc(Cl)c([N+](=O)[O-])c2)c2ccccc2)[nH]c1=O. The molecule has 0 bridgehead atoms. The molecule has 0 aliphatic rings. The predicted molar refractivity (Wildman–Crippen MR) is 109 cm³/mol. The van der Waals surface area contributed by atoms with Crippen LogP contribution in [0.3, 0.4) is 0 Å². The minimum Gasteiger partial charge on any atom is -0.325 e. The number of nitrogens with zero attached hydrogens (tertiary/aromatic N) is 3. The topological polar surface area (TPSA) is 131 Å². The minimum absolute atomic E-state index is 0.0329. The molecule has 1 amide bonds. The Morgan fingerprint density at radius 2 is 1.97 bits per heavy atom. The van der Waals surface area contributed by atoms with E-state index in [0.717, 1.165) is 11.8 Å². The van der Waals surface area contributed by atoms with Crippen molar-refractivity contribution in [2.75, 3.05) is 5.32 Å². The van der Waals surface area contributed by atoms with Gasteiger partial charge in [0.2, 0.25) is 5.91 Å². The van der Waals surface area contributed by atoms with Crippen LogP contribution in [0.1, 0.15) is 16.5 Å². The number of anilines is 1. The van der Waals surface area contributed by atoms with Gasteiger partial charge in [-0.15, -0.1) is 10.2 Å². The number of H-pyrrole nitrogens is 1. The monoisotopic (exact) mass is 431 g/mol. The summed E-state index contributed by atoms with van der Waals surface area (Å²) in [5.74, 6) is -0.457. The highest BCUT2D eigenvalue weighted by Crippen LogP contribution is 2.34. The molecule has 148 valence electrons. The second-order valence-electron chi connectivity index (χ2n) is 5.87. The van der Waals surface area contributed by atoms with Crippen LogP contribution in [0, 0.1) is 17.0 Å². The van der Waals surface area contributed by atoms with E-state index in [9.17, 15) is 19.7 Å². The Kier molecular flexibility index (Phi) is 6.25. The van der Waals surface area contributed by atoms with E-state index >= 15 is 0 Å². The van der Waals surface area contributed by atoms with Gasteiger partial charge >= 0.3 is 0 Å². The molecule has 0 aliphatic carbocycles. The van der Waals surface area contributed by atoms with E-state index in [2.05, 4.69) is 20.5 Å². The summed E-state index contributed by atoms with van der Waals surface area (Å²) in [6.07, 6.45) is 0. The molecule has 2 aromatic carbocycles. The summed E-state index contributed by atoms with van der Waals surface area (Å²) >= 11 is 6.82. The van der Waals surface area contributed by atoms with Gasteiger partial charge in [-0.25, -0.2) is 0 Å². The van der Waals surface area contributed by atoms with Crippen molar-refractivity contribution in [1.29, 1.82) is 0 Å². The third-order valence-corrected chi connectivity index (χ3v) is 5.27. The zero-order chi connectivity index (χ0) is 21.0. The van der Waals surface area contributed by atoms with Crippen molar-refractivity contribution in [3.8, 4) is 0 Å². The number of carbonyl (C=O) groups excluding carboxylic acids is 1. The number of hydrogen-bond acceptors (Lipinski definition) is 7. The third-order valence-electron chi connectivity index (χ3n) is 3.82. The molecule has 3 rings (SSSR count). The standard InChI is InChI=1S/C18H14ClN5O4S/c1-10-16(25)21-18(23-22-10)29-15(11-5-3-2-4-6-11)17(26)20-12-7-8-13(19)14(9-12)24(27)28/h2-9,15H,1H3,(H,20,26)(H,21,23,25)/t15-/m0/s1. The van der Waals surface area contributed by atoms with Gasteiger partial charge in [-0.1, -0.05) is 53.7 Å². The lowest BCUT2D eigenvalue weighted by atomic mass is 10.1. The molecule has 3 aromatic rings. The molecule has 1 atom stereocenters. The van der Waals surface area contributed by atoms with Gasteiger partial charge in [0.05, 0.1) is 4.92 Å². The number of halogens is 1. The number of amides is 1. The van der Waals surface area contributed by atoms with Crippen molar-refractivity contribution < 1.29 is 9.72 Å². The van der Waals surface area contributed by atoms with Gasteiger partial charge in [0, 0.05) is 11.8 Å². The highest BCUT2D eigenvalue weighted by atomic mass is 35.5. The number of nitro groups is 1. The van der Waals surface area contributed by atoms with Crippen LogP contribution in [0.2, 0.25) is 5.02 Å². The van der Waals surface area contributed by atoms with Crippen molar-refractivity contribution in [3.63, 3.8) is 0 Å². The van der Waals surface area contributed by atoms with Gasteiger partial charge in [0.15, 0.2) is 5.16 Å². The molecule has 9 nitrogen and oxygen atoms in total. The number of rotatable bonds is 6. The Morgan fingerprint density at radius 1 is 1.24 bits per heavy atom. The fourth-order valence-electron chi connectivity index (χ4n) is 2.38. The zero-order valence-corrected chi connectivity index (χ0v) is 16.5. The van der Waals surface area contributed by atoms with Crippen molar-refractivity contribution in [2.24, 2.45) is 0 Å². The van der Waals surface area contributed by atoms with Gasteiger partial charge in [0.1, 0.15) is 16.0 Å². The molecule has 29 heavy (non-hydrogen) atoms. The van der Waals surface area contributed by atoms with E-state index < -0.39 is 21.6 Å². The van der Waals surface area contributed by atoms with Crippen molar-refractivity contribution >= 4 is 40.6 Å². The van der Waals surface area contributed by atoms with Crippen LogP contribution < -0.4 is 10.9 Å². The molecule has 0 fully saturated rings. The Labute approximate surface area is 173 Å². The minimum atomic E-state index is -0.793. The Hall–Kier alpha value is -3.24. The van der Waals surface area contributed by atoms with Crippen molar-refractivity contribution in [2.45, 2.75) is 17.3 Å². The molecule has 0 spiro atoms. The highest BCUT2D eigenvalue weighted by Gasteiger charge is 2.24. The Bertz CT molecular complexity index is 1120. The molecule has 0 saturated carbocycles. The number of hydrogen-bond donors (Lipinski definition) is 2. The molecule has 1 heterocycles. The number of carbonyl (C=O) groups is 1. The second kappa shape index (κ2) is 8.84. The lowest BCUT2D eigenvalue weighted by Gasteiger charge is -2.16. The molecule has 0 unspecified atom stereocenters.